The monoisotopic (exact) mass is 221 g/mol. The van der Waals surface area contributed by atoms with Gasteiger partial charge < -0.3 is 5.32 Å². The Morgan fingerprint density at radius 2 is 1.38 bits per heavy atom. The highest BCUT2D eigenvalue weighted by Gasteiger charge is 2.29. The van der Waals surface area contributed by atoms with E-state index in [2.05, 4.69) is 25.0 Å². The van der Waals surface area contributed by atoms with Crippen molar-refractivity contribution in [3.8, 4) is 0 Å². The maximum Gasteiger partial charge on any atom is 0.00642 e. The molecule has 16 heavy (non-hydrogen) atoms. The van der Waals surface area contributed by atoms with Crippen molar-refractivity contribution in [2.24, 2.45) is 17.8 Å². The van der Waals surface area contributed by atoms with Crippen LogP contribution in [-0.2, 0) is 0 Å². The Morgan fingerprint density at radius 3 is 1.81 bits per heavy atom. The summed E-state index contributed by atoms with van der Waals surface area (Å²) in [5.74, 6) is 2.90. The zero-order valence-corrected chi connectivity index (χ0v) is 10.8. The molecule has 2 rings (SSSR count). The van der Waals surface area contributed by atoms with E-state index in [1.807, 2.05) is 0 Å². The molecule has 2 aliphatic carbocycles. The first-order valence-corrected chi connectivity index (χ1v) is 7.13. The summed E-state index contributed by atoms with van der Waals surface area (Å²) in [5, 5.41) is 3.43. The van der Waals surface area contributed by atoms with Crippen molar-refractivity contribution in [3.05, 3.63) is 12.7 Å². The molecule has 2 saturated carbocycles. The fourth-order valence-electron chi connectivity index (χ4n) is 3.73. The molecule has 1 N–H and O–H groups in total. The highest BCUT2D eigenvalue weighted by atomic mass is 14.9. The van der Waals surface area contributed by atoms with Crippen molar-refractivity contribution in [2.45, 2.75) is 57.4 Å². The van der Waals surface area contributed by atoms with Crippen LogP contribution in [0.4, 0.5) is 0 Å². The van der Waals surface area contributed by atoms with E-state index in [0.717, 1.165) is 23.8 Å². The van der Waals surface area contributed by atoms with Crippen LogP contribution in [0.5, 0.6) is 0 Å². The average molecular weight is 221 g/mol. The second-order valence-electron chi connectivity index (χ2n) is 5.81. The van der Waals surface area contributed by atoms with Gasteiger partial charge >= 0.3 is 0 Å². The number of hydrogen-bond acceptors (Lipinski definition) is 1. The van der Waals surface area contributed by atoms with Crippen LogP contribution in [0.1, 0.15) is 51.4 Å². The summed E-state index contributed by atoms with van der Waals surface area (Å²) >= 11 is 0. The van der Waals surface area contributed by atoms with Crippen molar-refractivity contribution < 1.29 is 0 Å². The van der Waals surface area contributed by atoms with Crippen LogP contribution in [0.3, 0.4) is 0 Å². The minimum absolute atomic E-state index is 0.806. The topological polar surface area (TPSA) is 12.0 Å². The number of nitrogens with one attached hydrogen (secondary N) is 1. The van der Waals surface area contributed by atoms with Crippen LogP contribution < -0.4 is 5.32 Å². The van der Waals surface area contributed by atoms with Gasteiger partial charge in [0.15, 0.2) is 0 Å². The van der Waals surface area contributed by atoms with Gasteiger partial charge in [-0.3, -0.25) is 0 Å². The first-order valence-electron chi connectivity index (χ1n) is 7.13. The van der Waals surface area contributed by atoms with Crippen LogP contribution in [0.25, 0.3) is 0 Å². The SMILES string of the molecule is C=CC1CCC(C2CCC(NC)CC2)CC1. The smallest absolute Gasteiger partial charge is 0.00642 e. The van der Waals surface area contributed by atoms with E-state index in [4.69, 9.17) is 0 Å². The summed E-state index contributed by atoms with van der Waals surface area (Å²) in [6, 6.07) is 0.806. The normalized spacial score (nSPS) is 40.6. The second-order valence-corrected chi connectivity index (χ2v) is 5.81. The predicted octanol–water partition coefficient (Wildman–Crippen LogP) is 3.76. The lowest BCUT2D eigenvalue weighted by atomic mass is 9.70. The van der Waals surface area contributed by atoms with E-state index < -0.39 is 0 Å². The van der Waals surface area contributed by atoms with Gasteiger partial charge in [0.25, 0.3) is 0 Å². The highest BCUT2D eigenvalue weighted by molar-refractivity contribution is 4.88. The second kappa shape index (κ2) is 5.86. The minimum atomic E-state index is 0.806. The van der Waals surface area contributed by atoms with Crippen molar-refractivity contribution in [1.82, 2.24) is 5.32 Å². The van der Waals surface area contributed by atoms with Crippen LogP contribution >= 0.6 is 0 Å². The maximum atomic E-state index is 3.93. The van der Waals surface area contributed by atoms with Gasteiger partial charge in [-0.05, 0) is 76.2 Å². The molecule has 92 valence electrons. The molecule has 0 radical (unpaired) electrons. The zero-order chi connectivity index (χ0) is 11.4. The Bertz CT molecular complexity index is 207. The molecule has 0 aromatic rings. The summed E-state index contributed by atoms with van der Waals surface area (Å²) < 4.78 is 0. The summed E-state index contributed by atoms with van der Waals surface area (Å²) in [4.78, 5) is 0. The van der Waals surface area contributed by atoms with Crippen LogP contribution in [0, 0.1) is 17.8 Å². The first-order chi connectivity index (χ1) is 7.83. The van der Waals surface area contributed by atoms with E-state index in [0.29, 0.717) is 0 Å². The molecule has 1 nitrogen and oxygen atoms in total. The standard InChI is InChI=1S/C15H27N/c1-3-12-4-6-13(7-5-12)14-8-10-15(16-2)11-9-14/h3,12-16H,1,4-11H2,2H3. The lowest BCUT2D eigenvalue weighted by Crippen LogP contribution is -2.33. The molecule has 1 heteroatoms. The fraction of sp³-hybridized carbons (Fsp3) is 0.867. The minimum Gasteiger partial charge on any atom is -0.317 e. The molecule has 0 unspecified atom stereocenters. The van der Waals surface area contributed by atoms with E-state index in [1.54, 1.807) is 0 Å². The Labute approximate surface area is 101 Å². The number of rotatable bonds is 3. The largest absolute Gasteiger partial charge is 0.317 e. The Kier molecular flexibility index (Phi) is 4.45. The van der Waals surface area contributed by atoms with Crippen molar-refractivity contribution in [1.29, 1.82) is 0 Å². The lowest BCUT2D eigenvalue weighted by molar-refractivity contribution is 0.166. The van der Waals surface area contributed by atoms with Crippen molar-refractivity contribution in [3.63, 3.8) is 0 Å². The molecule has 0 aliphatic heterocycles. The third-order valence-electron chi connectivity index (χ3n) is 5.00. The molecule has 0 bridgehead atoms. The van der Waals surface area contributed by atoms with E-state index in [1.165, 1.54) is 51.4 Å². The number of hydrogen-bond donors (Lipinski definition) is 1. The molecule has 0 aromatic carbocycles. The van der Waals surface area contributed by atoms with E-state index >= 15 is 0 Å². The summed E-state index contributed by atoms with van der Waals surface area (Å²) in [6.45, 7) is 3.93. The Balaban J connectivity index is 1.75. The van der Waals surface area contributed by atoms with Gasteiger partial charge in [-0.25, -0.2) is 0 Å². The van der Waals surface area contributed by atoms with E-state index in [9.17, 15) is 0 Å². The quantitative estimate of drug-likeness (QED) is 0.716. The molecule has 2 fully saturated rings. The molecule has 0 aromatic heterocycles. The Hall–Kier alpha value is -0.300. The lowest BCUT2D eigenvalue weighted by Gasteiger charge is -2.37. The van der Waals surface area contributed by atoms with Crippen LogP contribution in [-0.4, -0.2) is 13.1 Å². The van der Waals surface area contributed by atoms with Crippen LogP contribution in [0.2, 0.25) is 0 Å². The Morgan fingerprint density at radius 1 is 0.875 bits per heavy atom. The third kappa shape index (κ3) is 2.88. The summed E-state index contributed by atoms with van der Waals surface area (Å²) in [6.07, 6.45) is 13.7. The predicted molar refractivity (Wildman–Crippen MR) is 70.5 cm³/mol. The summed E-state index contributed by atoms with van der Waals surface area (Å²) in [5.41, 5.74) is 0. The molecule has 0 amide bonds. The van der Waals surface area contributed by atoms with Gasteiger partial charge in [0.2, 0.25) is 0 Å². The highest BCUT2D eigenvalue weighted by Crippen LogP contribution is 2.40. The van der Waals surface area contributed by atoms with Crippen molar-refractivity contribution >= 4 is 0 Å². The van der Waals surface area contributed by atoms with Gasteiger partial charge in [-0.2, -0.15) is 0 Å². The molecular formula is C15H27N. The molecule has 0 spiro atoms. The third-order valence-corrected chi connectivity index (χ3v) is 5.00. The van der Waals surface area contributed by atoms with Gasteiger partial charge in [0.05, 0.1) is 0 Å². The van der Waals surface area contributed by atoms with Gasteiger partial charge in [-0.15, -0.1) is 6.58 Å². The first kappa shape index (κ1) is 12.2. The average Bonchev–Trinajstić information content (AvgIpc) is 2.39. The van der Waals surface area contributed by atoms with Crippen molar-refractivity contribution in [2.75, 3.05) is 7.05 Å². The fourth-order valence-corrected chi connectivity index (χ4v) is 3.73. The van der Waals surface area contributed by atoms with Crippen LogP contribution in [0.15, 0.2) is 12.7 Å². The molecule has 0 atom stereocenters. The summed E-state index contributed by atoms with van der Waals surface area (Å²) in [7, 11) is 2.11. The van der Waals surface area contributed by atoms with Gasteiger partial charge in [0.1, 0.15) is 0 Å². The van der Waals surface area contributed by atoms with Gasteiger partial charge in [0, 0.05) is 6.04 Å². The van der Waals surface area contributed by atoms with Gasteiger partial charge in [-0.1, -0.05) is 6.08 Å². The zero-order valence-electron chi connectivity index (χ0n) is 10.8. The molecule has 2 aliphatic rings. The molecule has 0 saturated heterocycles. The number of allylic oxidation sites excluding steroid dienone is 1. The maximum absolute atomic E-state index is 3.93. The van der Waals surface area contributed by atoms with E-state index in [-0.39, 0.29) is 0 Å². The molecular weight excluding hydrogens is 194 g/mol. The molecule has 0 heterocycles.